The predicted molar refractivity (Wildman–Crippen MR) is 78.7 cm³/mol. The molecule has 2 rings (SSSR count). The maximum Gasteiger partial charge on any atom is 0.241 e. The Labute approximate surface area is 120 Å². The van der Waals surface area contributed by atoms with Gasteiger partial charge in [0.1, 0.15) is 5.75 Å². The average molecular weight is 298 g/mol. The molecule has 20 heavy (non-hydrogen) atoms. The zero-order chi connectivity index (χ0) is 14.8. The number of benzene rings is 1. The van der Waals surface area contributed by atoms with Gasteiger partial charge in [-0.15, -0.1) is 0 Å². The Balaban J connectivity index is 2.26. The minimum atomic E-state index is -3.48. The maximum absolute atomic E-state index is 12.5. The third-order valence-corrected chi connectivity index (χ3v) is 5.26. The number of piperidine rings is 1. The molecule has 0 spiro atoms. The van der Waals surface area contributed by atoms with E-state index in [0.717, 1.165) is 24.9 Å². The Morgan fingerprint density at radius 2 is 2.05 bits per heavy atom. The zero-order valence-electron chi connectivity index (χ0n) is 12.2. The standard InChI is InChI=1S/C14H22N2O3S/c1-10-8-14(11(2)7-13(10)19-3)20(17,18)16-12-5-4-6-15-9-12/h7-8,12,15-16H,4-6,9H2,1-3H3/t12-/m1/s1. The molecule has 1 aromatic carbocycles. The van der Waals surface area contributed by atoms with Crippen molar-refractivity contribution in [3.05, 3.63) is 23.3 Å². The van der Waals surface area contributed by atoms with Crippen molar-refractivity contribution in [2.45, 2.75) is 37.6 Å². The first kappa shape index (κ1) is 15.3. The van der Waals surface area contributed by atoms with Gasteiger partial charge in [0.15, 0.2) is 0 Å². The number of rotatable bonds is 4. The Kier molecular flexibility index (Phi) is 4.67. The molecular formula is C14H22N2O3S. The van der Waals surface area contributed by atoms with E-state index in [2.05, 4.69) is 10.0 Å². The van der Waals surface area contributed by atoms with Crippen LogP contribution in [0.5, 0.6) is 5.75 Å². The minimum absolute atomic E-state index is 0.0319. The van der Waals surface area contributed by atoms with Crippen LogP contribution in [0.25, 0.3) is 0 Å². The molecule has 1 heterocycles. The van der Waals surface area contributed by atoms with E-state index in [-0.39, 0.29) is 6.04 Å². The monoisotopic (exact) mass is 298 g/mol. The highest BCUT2D eigenvalue weighted by atomic mass is 32.2. The average Bonchev–Trinajstić information content (AvgIpc) is 2.41. The van der Waals surface area contributed by atoms with Gasteiger partial charge in [0.25, 0.3) is 0 Å². The maximum atomic E-state index is 12.5. The molecule has 112 valence electrons. The van der Waals surface area contributed by atoms with Gasteiger partial charge in [0.2, 0.25) is 10.0 Å². The summed E-state index contributed by atoms with van der Waals surface area (Å²) >= 11 is 0. The molecule has 1 aromatic rings. The quantitative estimate of drug-likeness (QED) is 0.880. The van der Waals surface area contributed by atoms with E-state index in [9.17, 15) is 8.42 Å². The van der Waals surface area contributed by atoms with Crippen molar-refractivity contribution in [3.63, 3.8) is 0 Å². The normalized spacial score (nSPS) is 19.9. The molecule has 0 aliphatic carbocycles. The second kappa shape index (κ2) is 6.11. The van der Waals surface area contributed by atoms with Crippen molar-refractivity contribution in [1.82, 2.24) is 10.0 Å². The van der Waals surface area contributed by atoms with Crippen LogP contribution < -0.4 is 14.8 Å². The lowest BCUT2D eigenvalue weighted by Gasteiger charge is -2.24. The molecule has 0 saturated carbocycles. The lowest BCUT2D eigenvalue weighted by Crippen LogP contribution is -2.45. The molecule has 1 fully saturated rings. The van der Waals surface area contributed by atoms with Crippen molar-refractivity contribution in [2.75, 3.05) is 20.2 Å². The fourth-order valence-corrected chi connectivity index (χ4v) is 4.09. The summed E-state index contributed by atoms with van der Waals surface area (Å²) in [4.78, 5) is 0.335. The first-order chi connectivity index (χ1) is 9.44. The lowest BCUT2D eigenvalue weighted by molar-refractivity contribution is 0.410. The van der Waals surface area contributed by atoms with Gasteiger partial charge < -0.3 is 10.1 Å². The summed E-state index contributed by atoms with van der Waals surface area (Å²) in [5.41, 5.74) is 1.52. The van der Waals surface area contributed by atoms with Crippen molar-refractivity contribution >= 4 is 10.0 Å². The van der Waals surface area contributed by atoms with E-state index in [1.54, 1.807) is 26.2 Å². The molecule has 0 amide bonds. The molecule has 0 bridgehead atoms. The lowest BCUT2D eigenvalue weighted by atomic mass is 10.1. The minimum Gasteiger partial charge on any atom is -0.496 e. The van der Waals surface area contributed by atoms with Gasteiger partial charge in [-0.25, -0.2) is 13.1 Å². The van der Waals surface area contributed by atoms with Gasteiger partial charge in [-0.05, 0) is 56.5 Å². The molecule has 1 aliphatic heterocycles. The Hall–Kier alpha value is -1.11. The Morgan fingerprint density at radius 3 is 2.65 bits per heavy atom. The number of methoxy groups -OCH3 is 1. The summed E-state index contributed by atoms with van der Waals surface area (Å²) < 4.78 is 33.0. The summed E-state index contributed by atoms with van der Waals surface area (Å²) in [5.74, 6) is 0.709. The summed E-state index contributed by atoms with van der Waals surface area (Å²) in [6.45, 7) is 5.28. The molecule has 0 unspecified atom stereocenters. The second-order valence-corrected chi connectivity index (χ2v) is 6.93. The Bertz CT molecular complexity index is 578. The molecule has 5 nitrogen and oxygen atoms in total. The number of hydrogen-bond donors (Lipinski definition) is 2. The first-order valence-electron chi connectivity index (χ1n) is 6.82. The van der Waals surface area contributed by atoms with E-state index < -0.39 is 10.0 Å². The smallest absolute Gasteiger partial charge is 0.241 e. The molecule has 1 atom stereocenters. The molecule has 0 radical (unpaired) electrons. The number of hydrogen-bond acceptors (Lipinski definition) is 4. The van der Waals surface area contributed by atoms with Crippen LogP contribution in [-0.4, -0.2) is 34.7 Å². The molecular weight excluding hydrogens is 276 g/mol. The van der Waals surface area contributed by atoms with Crippen LogP contribution in [0, 0.1) is 13.8 Å². The van der Waals surface area contributed by atoms with Crippen molar-refractivity contribution in [1.29, 1.82) is 0 Å². The molecule has 1 aliphatic rings. The van der Waals surface area contributed by atoms with E-state index in [1.165, 1.54) is 0 Å². The highest BCUT2D eigenvalue weighted by molar-refractivity contribution is 7.89. The largest absolute Gasteiger partial charge is 0.496 e. The van der Waals surface area contributed by atoms with Crippen LogP contribution in [0.1, 0.15) is 24.0 Å². The summed E-state index contributed by atoms with van der Waals surface area (Å²) in [6.07, 6.45) is 1.87. The number of aryl methyl sites for hydroxylation is 2. The van der Waals surface area contributed by atoms with Gasteiger partial charge in [0, 0.05) is 12.6 Å². The van der Waals surface area contributed by atoms with Crippen molar-refractivity contribution < 1.29 is 13.2 Å². The molecule has 0 aromatic heterocycles. The highest BCUT2D eigenvalue weighted by Gasteiger charge is 2.23. The van der Waals surface area contributed by atoms with Crippen molar-refractivity contribution in [2.24, 2.45) is 0 Å². The van der Waals surface area contributed by atoms with Crippen LogP contribution in [0.4, 0.5) is 0 Å². The van der Waals surface area contributed by atoms with Crippen LogP contribution in [0.3, 0.4) is 0 Å². The van der Waals surface area contributed by atoms with E-state index in [4.69, 9.17) is 4.74 Å². The van der Waals surface area contributed by atoms with Gasteiger partial charge >= 0.3 is 0 Å². The van der Waals surface area contributed by atoms with Crippen LogP contribution in [-0.2, 0) is 10.0 Å². The predicted octanol–water partition coefficient (Wildman–Crippen LogP) is 1.34. The fraction of sp³-hybridized carbons (Fsp3) is 0.571. The summed E-state index contributed by atoms with van der Waals surface area (Å²) in [7, 11) is -1.90. The van der Waals surface area contributed by atoms with Gasteiger partial charge in [0.05, 0.1) is 12.0 Å². The van der Waals surface area contributed by atoms with E-state index in [1.807, 2.05) is 6.92 Å². The summed E-state index contributed by atoms with van der Waals surface area (Å²) in [5, 5.41) is 3.21. The van der Waals surface area contributed by atoms with Gasteiger partial charge in [-0.1, -0.05) is 0 Å². The number of nitrogens with one attached hydrogen (secondary N) is 2. The number of ether oxygens (including phenoxy) is 1. The van der Waals surface area contributed by atoms with Gasteiger partial charge in [-0.2, -0.15) is 0 Å². The topological polar surface area (TPSA) is 67.4 Å². The SMILES string of the molecule is COc1cc(C)c(S(=O)(=O)N[C@@H]2CCCNC2)cc1C. The van der Waals surface area contributed by atoms with Gasteiger partial charge in [-0.3, -0.25) is 0 Å². The third kappa shape index (κ3) is 3.31. The number of sulfonamides is 1. The zero-order valence-corrected chi connectivity index (χ0v) is 13.0. The molecule has 2 N–H and O–H groups in total. The van der Waals surface area contributed by atoms with Crippen molar-refractivity contribution in [3.8, 4) is 5.75 Å². The van der Waals surface area contributed by atoms with E-state index in [0.29, 0.717) is 22.8 Å². The first-order valence-corrected chi connectivity index (χ1v) is 8.30. The van der Waals surface area contributed by atoms with Crippen LogP contribution >= 0.6 is 0 Å². The Morgan fingerprint density at radius 1 is 1.30 bits per heavy atom. The second-order valence-electron chi connectivity index (χ2n) is 5.25. The molecule has 1 saturated heterocycles. The highest BCUT2D eigenvalue weighted by Crippen LogP contribution is 2.25. The fourth-order valence-electron chi connectivity index (χ4n) is 2.51. The third-order valence-electron chi connectivity index (χ3n) is 3.60. The van der Waals surface area contributed by atoms with Crippen LogP contribution in [0.2, 0.25) is 0 Å². The summed E-state index contributed by atoms with van der Waals surface area (Å²) in [6, 6.07) is 3.41. The van der Waals surface area contributed by atoms with Crippen LogP contribution in [0.15, 0.2) is 17.0 Å². The molecule has 6 heteroatoms. The van der Waals surface area contributed by atoms with E-state index >= 15 is 0 Å².